The Balaban J connectivity index is -0.0000000275. The Morgan fingerprint density at radius 1 is 1.00 bits per heavy atom. The van der Waals surface area contributed by atoms with E-state index in [0.29, 0.717) is 0 Å². The summed E-state index contributed by atoms with van der Waals surface area (Å²) in [6.45, 7) is 4.00. The van der Waals surface area contributed by atoms with Gasteiger partial charge in [0.25, 0.3) is 0 Å². The fraction of sp³-hybridized carbons (Fsp3) is 1.00. The average molecular weight is 87.0 g/mol. The highest BCUT2D eigenvalue weighted by molar-refractivity contribution is 5.75. The zero-order valence-corrected chi connectivity index (χ0v) is 4.99. The van der Waals surface area contributed by atoms with Crippen molar-refractivity contribution < 1.29 is 4.74 Å². The van der Waals surface area contributed by atoms with Crippen molar-refractivity contribution in [3.63, 3.8) is 0 Å². The highest BCUT2D eigenvalue weighted by Gasteiger charge is 1.25. The number of rotatable bonds is 0. The highest BCUT2D eigenvalue weighted by Crippen LogP contribution is 1.28. The van der Waals surface area contributed by atoms with Gasteiger partial charge in [-0.25, -0.2) is 0 Å². The van der Waals surface area contributed by atoms with Gasteiger partial charge in [0.1, 0.15) is 0 Å². The minimum Gasteiger partial charge on any atom is -0.388 e. The molecule has 0 bridgehead atoms. The Kier molecular flexibility index (Phi) is 215. The summed E-state index contributed by atoms with van der Waals surface area (Å²) >= 11 is 0. The Hall–Kier alpha value is 0.0249. The molecule has 0 aliphatic carbocycles. The van der Waals surface area contributed by atoms with Gasteiger partial charge >= 0.3 is 0 Å². The molecule has 3 radical (unpaired) electrons. The van der Waals surface area contributed by atoms with Crippen molar-refractivity contribution in [2.75, 3.05) is 14.2 Å². The molecular formula is C4H12BO. The normalized spacial score (nSPS) is 4.00. The molecule has 0 spiro atoms. The topological polar surface area (TPSA) is 9.23 Å². The Bertz CT molecular complexity index is 7.51. The molecule has 0 unspecified atom stereocenters. The fourth-order valence-electron chi connectivity index (χ4n) is 0. The molecular weight excluding hydrogens is 74.9 g/mol. The second-order valence-corrected chi connectivity index (χ2v) is 0.408. The maximum absolute atomic E-state index is 4.25. The summed E-state index contributed by atoms with van der Waals surface area (Å²) in [7, 11) is 3.25. The maximum Gasteiger partial charge on any atom is 0.0351 e. The second-order valence-electron chi connectivity index (χ2n) is 0.408. The first kappa shape index (κ1) is 16.6. The van der Waals surface area contributed by atoms with Gasteiger partial charge in [0.15, 0.2) is 0 Å². The van der Waals surface area contributed by atoms with E-state index in [4.69, 9.17) is 0 Å². The van der Waals surface area contributed by atoms with E-state index in [-0.39, 0.29) is 8.41 Å². The molecule has 0 N–H and O–H groups in total. The molecule has 0 atom stereocenters. The van der Waals surface area contributed by atoms with Crippen LogP contribution in [0.25, 0.3) is 0 Å². The third-order valence-corrected chi connectivity index (χ3v) is 0. The van der Waals surface area contributed by atoms with Crippen molar-refractivity contribution >= 4 is 8.41 Å². The molecule has 0 heterocycles. The molecule has 0 saturated heterocycles. The van der Waals surface area contributed by atoms with E-state index in [1.807, 2.05) is 13.8 Å². The number of ether oxygens (including phenoxy) is 1. The molecule has 2 heteroatoms. The van der Waals surface area contributed by atoms with Gasteiger partial charge in [-0.1, -0.05) is 13.8 Å². The van der Waals surface area contributed by atoms with E-state index in [1.165, 1.54) is 0 Å². The molecule has 6 heavy (non-hydrogen) atoms. The first-order chi connectivity index (χ1) is 2.41. The van der Waals surface area contributed by atoms with Crippen molar-refractivity contribution in [1.29, 1.82) is 0 Å². The van der Waals surface area contributed by atoms with E-state index in [0.717, 1.165) is 0 Å². The summed E-state index contributed by atoms with van der Waals surface area (Å²) in [5.41, 5.74) is 0. The lowest BCUT2D eigenvalue weighted by Crippen LogP contribution is -1.55. The van der Waals surface area contributed by atoms with Crippen molar-refractivity contribution in [3.05, 3.63) is 0 Å². The smallest absolute Gasteiger partial charge is 0.0351 e. The maximum atomic E-state index is 4.25. The van der Waals surface area contributed by atoms with Crippen LogP contribution in [-0.2, 0) is 4.74 Å². The summed E-state index contributed by atoms with van der Waals surface area (Å²) in [4.78, 5) is 0. The molecule has 0 aromatic heterocycles. The van der Waals surface area contributed by atoms with Crippen LogP contribution in [-0.4, -0.2) is 22.6 Å². The van der Waals surface area contributed by atoms with Crippen LogP contribution in [0.1, 0.15) is 13.8 Å². The summed E-state index contributed by atoms with van der Waals surface area (Å²) in [5.74, 6) is 0. The van der Waals surface area contributed by atoms with Crippen LogP contribution in [0.15, 0.2) is 0 Å². The molecule has 1 nitrogen and oxygen atoms in total. The molecule has 0 fully saturated rings. The van der Waals surface area contributed by atoms with Gasteiger partial charge in [-0.3, -0.25) is 0 Å². The number of hydrogen-bond donors (Lipinski definition) is 0. The van der Waals surface area contributed by atoms with Crippen molar-refractivity contribution in [1.82, 2.24) is 0 Å². The zero-order valence-electron chi connectivity index (χ0n) is 4.99. The lowest BCUT2D eigenvalue weighted by molar-refractivity contribution is 0.277. The molecule has 37 valence electrons. The van der Waals surface area contributed by atoms with E-state index in [1.54, 1.807) is 14.2 Å². The largest absolute Gasteiger partial charge is 0.388 e. The summed E-state index contributed by atoms with van der Waals surface area (Å²) in [6, 6.07) is 0. The van der Waals surface area contributed by atoms with Crippen LogP contribution in [0, 0.1) is 0 Å². The third kappa shape index (κ3) is 59200. The highest BCUT2D eigenvalue weighted by atomic mass is 16.4. The van der Waals surface area contributed by atoms with Gasteiger partial charge in [0.05, 0.1) is 0 Å². The van der Waals surface area contributed by atoms with E-state index in [9.17, 15) is 0 Å². The van der Waals surface area contributed by atoms with Crippen molar-refractivity contribution in [2.45, 2.75) is 13.8 Å². The van der Waals surface area contributed by atoms with Crippen LogP contribution in [0.3, 0.4) is 0 Å². The van der Waals surface area contributed by atoms with Crippen LogP contribution in [0.4, 0.5) is 0 Å². The summed E-state index contributed by atoms with van der Waals surface area (Å²) < 4.78 is 4.25. The van der Waals surface area contributed by atoms with Gasteiger partial charge < -0.3 is 4.74 Å². The van der Waals surface area contributed by atoms with Gasteiger partial charge in [-0.15, -0.1) is 0 Å². The van der Waals surface area contributed by atoms with E-state index < -0.39 is 0 Å². The average Bonchev–Trinajstić information content (AvgIpc) is 1.46. The zero-order chi connectivity index (χ0) is 4.71. The minimum atomic E-state index is 0. The Morgan fingerprint density at radius 2 is 1.00 bits per heavy atom. The lowest BCUT2D eigenvalue weighted by Gasteiger charge is -1.61. The predicted octanol–water partition coefficient (Wildman–Crippen LogP) is 0.908. The first-order valence-electron chi connectivity index (χ1n) is 1.82. The van der Waals surface area contributed by atoms with E-state index in [2.05, 4.69) is 4.74 Å². The summed E-state index contributed by atoms with van der Waals surface area (Å²) in [6.07, 6.45) is 0. The SMILES string of the molecule is CC.COC.[B]. The standard InChI is InChI=1S/C2H6O.C2H6.B/c1-3-2;1-2;/h1-2H3;1-2H3;. The van der Waals surface area contributed by atoms with Crippen molar-refractivity contribution in [2.24, 2.45) is 0 Å². The minimum absolute atomic E-state index is 0. The van der Waals surface area contributed by atoms with Gasteiger partial charge in [0.2, 0.25) is 0 Å². The monoisotopic (exact) mass is 87.1 g/mol. The van der Waals surface area contributed by atoms with Crippen LogP contribution in [0.5, 0.6) is 0 Å². The predicted molar refractivity (Wildman–Crippen MR) is 30.0 cm³/mol. The quantitative estimate of drug-likeness (QED) is 0.399. The Morgan fingerprint density at radius 3 is 1.00 bits per heavy atom. The molecule has 0 aromatic carbocycles. The molecule has 0 amide bonds. The summed E-state index contributed by atoms with van der Waals surface area (Å²) in [5, 5.41) is 0. The second kappa shape index (κ2) is 77.5. The van der Waals surface area contributed by atoms with Gasteiger partial charge in [-0.2, -0.15) is 0 Å². The Labute approximate surface area is 42.3 Å². The van der Waals surface area contributed by atoms with Gasteiger partial charge in [-0.05, 0) is 0 Å². The van der Waals surface area contributed by atoms with Gasteiger partial charge in [0, 0.05) is 22.6 Å². The number of hydrogen-bond acceptors (Lipinski definition) is 1. The van der Waals surface area contributed by atoms with Crippen LogP contribution >= 0.6 is 0 Å². The molecule has 0 saturated carbocycles. The van der Waals surface area contributed by atoms with Crippen LogP contribution < -0.4 is 0 Å². The molecule has 0 aromatic rings. The molecule has 0 aliphatic heterocycles. The third-order valence-electron chi connectivity index (χ3n) is 0. The molecule has 0 aliphatic rings. The van der Waals surface area contributed by atoms with Crippen molar-refractivity contribution in [3.8, 4) is 0 Å². The van der Waals surface area contributed by atoms with Crippen LogP contribution in [0.2, 0.25) is 0 Å². The fourth-order valence-corrected chi connectivity index (χ4v) is 0. The first-order valence-corrected chi connectivity index (χ1v) is 1.82. The van der Waals surface area contributed by atoms with E-state index >= 15 is 0 Å². The molecule has 0 rings (SSSR count). The lowest BCUT2D eigenvalue weighted by atomic mass is 10.8. The number of methoxy groups -OCH3 is 1.